The van der Waals surface area contributed by atoms with Gasteiger partial charge in [0.25, 0.3) is 0 Å². The smallest absolute Gasteiger partial charge is 0.250 e. The van der Waals surface area contributed by atoms with Crippen LogP contribution in [0.15, 0.2) is 222 Å². The molecule has 0 bridgehead atoms. The van der Waals surface area contributed by atoms with Crippen LogP contribution in [-0.4, -0.2) is 230 Å². The number of carbonyl (C=O) groups excluding carboxylic acids is 4. The van der Waals surface area contributed by atoms with E-state index in [1.807, 2.05) is 50.5 Å². The molecule has 4 aliphatic rings. The lowest BCUT2D eigenvalue weighted by Crippen LogP contribution is -2.45. The molecule has 41 heteroatoms. The monoisotopic (exact) mass is 2000 g/mol. The summed E-state index contributed by atoms with van der Waals surface area (Å²) in [5.74, 6) is 1.22. The van der Waals surface area contributed by atoms with Crippen molar-refractivity contribution in [2.45, 2.75) is 72.5 Å². The Labute approximate surface area is 824 Å². The molecule has 4 saturated heterocycles. The first-order chi connectivity index (χ1) is 65.3. The summed E-state index contributed by atoms with van der Waals surface area (Å²) in [5.41, 5.74) is 40.0. The number of hydrogen-bond acceptors (Lipinski definition) is 31. The minimum atomic E-state index is -0.594. The zero-order valence-electron chi connectivity index (χ0n) is 75.7. The van der Waals surface area contributed by atoms with Crippen LogP contribution < -0.4 is 77.8 Å². The molecular formula is C95H103Cl4F2N23O8S4. The van der Waals surface area contributed by atoms with Gasteiger partial charge in [-0.05, 0) is 184 Å². The van der Waals surface area contributed by atoms with Gasteiger partial charge in [-0.25, -0.2) is 28.7 Å². The molecule has 0 aliphatic carbocycles. The number of ether oxygens (including phenoxy) is 4. The Morgan fingerprint density at radius 1 is 0.360 bits per heavy atom. The molecule has 0 saturated carbocycles. The quantitative estimate of drug-likeness (QED) is 0.0237. The van der Waals surface area contributed by atoms with Gasteiger partial charge >= 0.3 is 0 Å². The van der Waals surface area contributed by atoms with E-state index in [-0.39, 0.29) is 57.0 Å². The summed E-state index contributed by atoms with van der Waals surface area (Å²) < 4.78 is 51.7. The number of piperazine rings is 4. The fourth-order valence-electron chi connectivity index (χ4n) is 14.0. The molecule has 8 aromatic carbocycles. The van der Waals surface area contributed by atoms with Gasteiger partial charge in [0, 0.05) is 150 Å². The van der Waals surface area contributed by atoms with Crippen molar-refractivity contribution in [3.8, 4) is 23.5 Å². The minimum absolute atomic E-state index is 0.0562. The number of hydrogen-bond donors (Lipinski definition) is 6. The summed E-state index contributed by atoms with van der Waals surface area (Å²) in [6, 6.07) is 45.3. The van der Waals surface area contributed by atoms with Gasteiger partial charge in [-0.15, -0.1) is 0 Å². The highest BCUT2D eigenvalue weighted by molar-refractivity contribution is 8.00. The van der Waals surface area contributed by atoms with Crippen LogP contribution in [0.5, 0.6) is 23.5 Å². The van der Waals surface area contributed by atoms with E-state index >= 15 is 0 Å². The molecule has 31 nitrogen and oxygen atoms in total. The highest BCUT2D eigenvalue weighted by Crippen LogP contribution is 2.42. The molecule has 4 aliphatic heterocycles. The lowest BCUT2D eigenvalue weighted by molar-refractivity contribution is 0.0992. The number of nitrogen functional groups attached to an aromatic ring is 2. The average Bonchev–Trinajstić information content (AvgIpc) is 0.819. The van der Waals surface area contributed by atoms with Crippen LogP contribution in [0.4, 0.5) is 49.6 Å². The van der Waals surface area contributed by atoms with E-state index < -0.39 is 29.4 Å². The van der Waals surface area contributed by atoms with Gasteiger partial charge in [0.15, 0.2) is 0 Å². The molecule has 12 N–H and O–H groups in total. The highest BCUT2D eigenvalue weighted by atomic mass is 35.5. The zero-order chi connectivity index (χ0) is 96.8. The second-order valence-corrected chi connectivity index (χ2v) is 38.4. The van der Waals surface area contributed by atoms with Crippen LogP contribution in [0.3, 0.4) is 0 Å². The number of anilines is 7. The van der Waals surface area contributed by atoms with Crippen LogP contribution in [0.2, 0.25) is 20.1 Å². The Morgan fingerprint density at radius 3 is 0.912 bits per heavy atom. The zero-order valence-corrected chi connectivity index (χ0v) is 82.0. The minimum Gasteiger partial charge on any atom is -0.472 e. The fraction of sp³-hybridized carbons (Fsp3) is 0.284. The molecule has 0 spiro atoms. The van der Waals surface area contributed by atoms with Crippen molar-refractivity contribution in [1.82, 2.24) is 59.5 Å². The van der Waals surface area contributed by atoms with E-state index in [1.54, 1.807) is 123 Å². The first kappa shape index (κ1) is 101. The summed E-state index contributed by atoms with van der Waals surface area (Å²) in [7, 11) is 12.4. The Bertz CT molecular complexity index is 6060. The largest absolute Gasteiger partial charge is 0.472 e. The number of benzene rings is 8. The van der Waals surface area contributed by atoms with Crippen LogP contribution in [0, 0.1) is 18.6 Å². The van der Waals surface area contributed by atoms with Crippen LogP contribution >= 0.6 is 93.5 Å². The van der Waals surface area contributed by atoms with Crippen molar-refractivity contribution in [3.05, 3.63) is 264 Å². The first-order valence-electron chi connectivity index (χ1n) is 43.0. The SMILES string of the molecule is CN1CCN(c2ncc(Sc3ccc(C(N)=O)c(Cl)c3)c(OCc3ccc(F)c(N)c3)n2)CC1.CN1CCN(c2ncc(Sc3ccc(C(N)=O)c(Cl)c3)c(OCc3cccc(N(C)C)c3)n2)CC1.CN1CCN(c2ncc(Sc3ccc(C(N)=O)c(Cl)c3)c(OCc3cccc(N)c3)n2)CC1.Cc1cc(COc2nc(N3CCN(C)CC3)ncc2Sc2ccc(C(N)=O)c(Cl)c2)ccc1F. The molecule has 4 amide bonds. The van der Waals surface area contributed by atoms with Gasteiger partial charge in [-0.3, -0.25) is 19.2 Å². The van der Waals surface area contributed by atoms with E-state index in [4.69, 9.17) is 115 Å². The molecule has 712 valence electrons. The number of nitrogens with two attached hydrogens (primary N) is 6. The molecule has 0 atom stereocenters. The second-order valence-electron chi connectivity index (χ2n) is 32.4. The normalized spacial score (nSPS) is 14.2. The van der Waals surface area contributed by atoms with Crippen molar-refractivity contribution in [2.24, 2.45) is 22.9 Å². The number of likely N-dealkylation sites (N-methyl/N-ethyl adjacent to an activating group) is 4. The lowest BCUT2D eigenvalue weighted by Gasteiger charge is -2.32. The number of amides is 4. The summed E-state index contributed by atoms with van der Waals surface area (Å²) in [5, 5.41) is 1.14. The number of aryl methyl sites for hydroxylation is 1. The maximum atomic E-state index is 13.7. The number of aromatic nitrogens is 8. The highest BCUT2D eigenvalue weighted by Gasteiger charge is 2.27. The molecule has 8 heterocycles. The first-order valence-corrected chi connectivity index (χ1v) is 47.8. The van der Waals surface area contributed by atoms with Crippen molar-refractivity contribution in [2.75, 3.05) is 183 Å². The molecule has 12 aromatic rings. The Kier molecular flexibility index (Phi) is 35.9. The van der Waals surface area contributed by atoms with Crippen molar-refractivity contribution in [3.63, 3.8) is 0 Å². The Balaban J connectivity index is 0.000000153. The van der Waals surface area contributed by atoms with Crippen molar-refractivity contribution < 1.29 is 46.9 Å². The van der Waals surface area contributed by atoms with Crippen LogP contribution in [-0.2, 0) is 26.4 Å². The van der Waals surface area contributed by atoms with Gasteiger partial charge in [-0.2, -0.15) is 19.9 Å². The van der Waals surface area contributed by atoms with Crippen molar-refractivity contribution in [1.29, 1.82) is 0 Å². The van der Waals surface area contributed by atoms with E-state index in [1.165, 1.54) is 65.2 Å². The van der Waals surface area contributed by atoms with E-state index in [2.05, 4.69) is 109 Å². The molecule has 136 heavy (non-hydrogen) atoms. The molecule has 16 rings (SSSR count). The average molecular weight is 2000 g/mol. The number of halogens is 6. The Hall–Kier alpha value is -12.0. The third kappa shape index (κ3) is 28.6. The van der Waals surface area contributed by atoms with Gasteiger partial charge in [0.2, 0.25) is 70.9 Å². The van der Waals surface area contributed by atoms with Gasteiger partial charge < -0.3 is 97.4 Å². The fourth-order valence-corrected chi connectivity index (χ4v) is 18.8. The van der Waals surface area contributed by atoms with Gasteiger partial charge in [-0.1, -0.05) is 130 Å². The van der Waals surface area contributed by atoms with Crippen molar-refractivity contribution >= 4 is 158 Å². The van der Waals surface area contributed by atoms with Crippen LogP contribution in [0.25, 0.3) is 0 Å². The van der Waals surface area contributed by atoms with E-state index in [9.17, 15) is 28.0 Å². The summed E-state index contributed by atoms with van der Waals surface area (Å²) in [4.78, 5) is 109. The van der Waals surface area contributed by atoms with Gasteiger partial charge in [0.1, 0.15) is 38.1 Å². The number of carbonyl (C=O) groups is 4. The summed E-state index contributed by atoms with van der Waals surface area (Å²) in [6.07, 6.45) is 6.98. The van der Waals surface area contributed by atoms with Crippen LogP contribution in [0.1, 0.15) is 69.2 Å². The van der Waals surface area contributed by atoms with E-state index in [0.29, 0.717) is 97.2 Å². The predicted octanol–water partition coefficient (Wildman–Crippen LogP) is 14.7. The molecule has 0 unspecified atom stereocenters. The van der Waals surface area contributed by atoms with E-state index in [0.717, 1.165) is 156 Å². The number of rotatable bonds is 29. The summed E-state index contributed by atoms with van der Waals surface area (Å²) >= 11 is 30.5. The Morgan fingerprint density at radius 2 is 0.640 bits per heavy atom. The second kappa shape index (κ2) is 48.2. The standard InChI is InChI=1S/C25H29ClN6O2S.C24H25ClFN5O2S.C23H24ClFN6O2S.C23H25ClN6O2S/c1-30(2)18-6-4-5-17(13-18)16-34-24-22(35-19-7-8-20(23(27)33)21(26)14-19)15-28-25(29-24)32-11-9-31(3)10-12-32;1-15-11-16(3-6-20(15)26)14-33-23-21(34-17-4-5-18(22(27)32)19(25)12-17)13-28-24(29-23)31-9-7-30(2)8-10-31;1-30-6-8-31(9-7-30)23-28-12-20(34-15-3-4-16(21(27)32)17(24)11-15)22(29-23)33-13-14-2-5-18(25)19(26)10-14;1-29-7-9-30(10-8-29)23-27-13-20(33-17-5-6-18(21(26)31)19(24)12-17)22(28-23)32-14-15-3-2-4-16(25)11-15/h4-8,13-15H,9-12,16H2,1-3H3,(H2,27,33);3-6,11-13H,7-10,14H2,1-2H3,(H2,27,32);2-5,10-12H,6-9,13,26H2,1H3,(H2,27,32);2-6,11-13H,7-10,14,25H2,1H3,(H2,26,31). The summed E-state index contributed by atoms with van der Waals surface area (Å²) in [6.45, 7) is 17.0. The predicted molar refractivity (Wildman–Crippen MR) is 534 cm³/mol. The van der Waals surface area contributed by atoms with Gasteiger partial charge in [0.05, 0.1) is 92.4 Å². The molecule has 4 aromatic heterocycles. The molecular weight excluding hydrogens is 1900 g/mol. The third-order valence-corrected chi connectivity index (χ3v) is 27.1. The number of nitrogens with zero attached hydrogens (tertiary/aromatic N) is 17. The molecule has 0 radical (unpaired) electrons. The third-order valence-electron chi connectivity index (χ3n) is 21.9. The molecule has 4 fully saturated rings. The topological polar surface area (TPSA) is 394 Å². The number of primary amides is 4. The maximum Gasteiger partial charge on any atom is 0.250 e. The lowest BCUT2D eigenvalue weighted by atomic mass is 10.1. The maximum absolute atomic E-state index is 13.7.